The highest BCUT2D eigenvalue weighted by Gasteiger charge is 2.23. The van der Waals surface area contributed by atoms with E-state index >= 15 is 0 Å². The van der Waals surface area contributed by atoms with Gasteiger partial charge in [-0.1, -0.05) is 0 Å². The summed E-state index contributed by atoms with van der Waals surface area (Å²) in [5.41, 5.74) is 12.5. The van der Waals surface area contributed by atoms with Crippen LogP contribution in [-0.4, -0.2) is 23.9 Å². The quantitative estimate of drug-likeness (QED) is 0.790. The number of carbonyl (C=O) groups is 1. The lowest BCUT2D eigenvalue weighted by molar-refractivity contribution is -0.123. The molecule has 98 valence electrons. The molecular formula is C13H18FN3O. The van der Waals surface area contributed by atoms with Gasteiger partial charge in [0.15, 0.2) is 0 Å². The normalized spacial score (nSPS) is 17.8. The summed E-state index contributed by atoms with van der Waals surface area (Å²) in [6, 6.07) is 4.41. The van der Waals surface area contributed by atoms with Gasteiger partial charge in [-0.15, -0.1) is 0 Å². The van der Waals surface area contributed by atoms with Crippen molar-refractivity contribution in [3.05, 3.63) is 29.6 Å². The molecule has 0 aliphatic carbocycles. The molecule has 18 heavy (non-hydrogen) atoms. The van der Waals surface area contributed by atoms with E-state index in [4.69, 9.17) is 11.5 Å². The zero-order valence-electron chi connectivity index (χ0n) is 10.2. The fourth-order valence-electron chi connectivity index (χ4n) is 2.33. The molecule has 4 N–H and O–H groups in total. The summed E-state index contributed by atoms with van der Waals surface area (Å²) in [7, 11) is 0. The number of halogens is 1. The van der Waals surface area contributed by atoms with Crippen LogP contribution < -0.4 is 11.5 Å². The minimum absolute atomic E-state index is 0.0221. The van der Waals surface area contributed by atoms with Gasteiger partial charge in [0.1, 0.15) is 5.82 Å². The van der Waals surface area contributed by atoms with Crippen molar-refractivity contribution >= 4 is 11.6 Å². The Morgan fingerprint density at radius 3 is 2.67 bits per heavy atom. The van der Waals surface area contributed by atoms with E-state index in [1.165, 1.54) is 12.1 Å². The number of amides is 1. The molecule has 1 amide bonds. The second-order valence-corrected chi connectivity index (χ2v) is 4.80. The van der Waals surface area contributed by atoms with Crippen LogP contribution in [0.25, 0.3) is 0 Å². The van der Waals surface area contributed by atoms with E-state index in [1.807, 2.05) is 0 Å². The van der Waals surface area contributed by atoms with Crippen molar-refractivity contribution in [3.63, 3.8) is 0 Å². The molecule has 5 heteroatoms. The summed E-state index contributed by atoms with van der Waals surface area (Å²) in [4.78, 5) is 13.2. The molecule has 1 saturated heterocycles. The van der Waals surface area contributed by atoms with Gasteiger partial charge in [-0.25, -0.2) is 4.39 Å². The van der Waals surface area contributed by atoms with Gasteiger partial charge in [-0.3, -0.25) is 9.69 Å². The first-order valence-corrected chi connectivity index (χ1v) is 6.12. The fraction of sp³-hybridized carbons (Fsp3) is 0.462. The van der Waals surface area contributed by atoms with E-state index in [9.17, 15) is 9.18 Å². The average molecular weight is 251 g/mol. The van der Waals surface area contributed by atoms with Crippen LogP contribution in [-0.2, 0) is 11.3 Å². The first-order valence-electron chi connectivity index (χ1n) is 6.12. The SMILES string of the molecule is NC(=O)C1CCN(Cc2cc(F)ccc2N)CC1. The van der Waals surface area contributed by atoms with Crippen molar-refractivity contribution in [2.45, 2.75) is 19.4 Å². The van der Waals surface area contributed by atoms with Gasteiger partial charge < -0.3 is 11.5 Å². The highest BCUT2D eigenvalue weighted by molar-refractivity contribution is 5.76. The number of anilines is 1. The lowest BCUT2D eigenvalue weighted by Crippen LogP contribution is -2.38. The number of carbonyl (C=O) groups excluding carboxylic acids is 1. The number of nitrogens with zero attached hydrogens (tertiary/aromatic N) is 1. The molecule has 0 unspecified atom stereocenters. The average Bonchev–Trinajstić information content (AvgIpc) is 2.34. The van der Waals surface area contributed by atoms with Gasteiger partial charge in [0.05, 0.1) is 0 Å². The molecule has 0 aromatic heterocycles. The molecule has 1 aliphatic heterocycles. The van der Waals surface area contributed by atoms with Gasteiger partial charge in [0.25, 0.3) is 0 Å². The number of hydrogen-bond donors (Lipinski definition) is 2. The van der Waals surface area contributed by atoms with Crippen LogP contribution in [0.2, 0.25) is 0 Å². The summed E-state index contributed by atoms with van der Waals surface area (Å²) in [5, 5.41) is 0. The van der Waals surface area contributed by atoms with Gasteiger partial charge in [0.2, 0.25) is 5.91 Å². The second kappa shape index (κ2) is 5.35. The van der Waals surface area contributed by atoms with Crippen LogP contribution in [0.5, 0.6) is 0 Å². The van der Waals surface area contributed by atoms with Gasteiger partial charge in [-0.2, -0.15) is 0 Å². The lowest BCUT2D eigenvalue weighted by Gasteiger charge is -2.30. The van der Waals surface area contributed by atoms with Gasteiger partial charge >= 0.3 is 0 Å². The number of nitrogens with two attached hydrogens (primary N) is 2. The Hall–Kier alpha value is -1.62. The largest absolute Gasteiger partial charge is 0.398 e. The third-order valence-electron chi connectivity index (χ3n) is 3.49. The Morgan fingerprint density at radius 2 is 2.06 bits per heavy atom. The van der Waals surface area contributed by atoms with Crippen molar-refractivity contribution in [2.24, 2.45) is 11.7 Å². The van der Waals surface area contributed by atoms with E-state index in [0.717, 1.165) is 31.5 Å². The summed E-state index contributed by atoms with van der Waals surface area (Å²) >= 11 is 0. The Balaban J connectivity index is 1.95. The van der Waals surface area contributed by atoms with Crippen LogP contribution in [0.4, 0.5) is 10.1 Å². The zero-order chi connectivity index (χ0) is 13.1. The standard InChI is InChI=1S/C13H18FN3O/c14-11-1-2-12(15)10(7-11)8-17-5-3-9(4-6-17)13(16)18/h1-2,7,9H,3-6,8,15H2,(H2,16,18). The predicted molar refractivity (Wildman–Crippen MR) is 68.0 cm³/mol. The van der Waals surface area contributed by atoms with Crippen molar-refractivity contribution < 1.29 is 9.18 Å². The van der Waals surface area contributed by atoms with Crippen molar-refractivity contribution in [1.29, 1.82) is 0 Å². The molecule has 1 fully saturated rings. The molecule has 0 spiro atoms. The highest BCUT2D eigenvalue weighted by atomic mass is 19.1. The highest BCUT2D eigenvalue weighted by Crippen LogP contribution is 2.21. The maximum absolute atomic E-state index is 13.1. The zero-order valence-corrected chi connectivity index (χ0v) is 10.2. The molecule has 4 nitrogen and oxygen atoms in total. The first-order chi connectivity index (χ1) is 8.56. The van der Waals surface area contributed by atoms with Gasteiger partial charge in [0, 0.05) is 18.2 Å². The molecule has 1 heterocycles. The summed E-state index contributed by atoms with van der Waals surface area (Å²) in [6.45, 7) is 2.21. The minimum Gasteiger partial charge on any atom is -0.398 e. The maximum Gasteiger partial charge on any atom is 0.220 e. The van der Waals surface area contributed by atoms with Gasteiger partial charge in [-0.05, 0) is 49.7 Å². The van der Waals surface area contributed by atoms with E-state index in [1.54, 1.807) is 6.07 Å². The molecule has 0 bridgehead atoms. The number of likely N-dealkylation sites (tertiary alicyclic amines) is 1. The molecule has 2 rings (SSSR count). The van der Waals surface area contributed by atoms with Crippen molar-refractivity contribution in [2.75, 3.05) is 18.8 Å². The Kier molecular flexibility index (Phi) is 3.81. The number of primary amides is 1. The summed E-state index contributed by atoms with van der Waals surface area (Å²) in [5.74, 6) is -0.516. The molecule has 1 aromatic carbocycles. The summed E-state index contributed by atoms with van der Waals surface area (Å²) < 4.78 is 13.1. The summed E-state index contributed by atoms with van der Waals surface area (Å²) in [6.07, 6.45) is 1.54. The Bertz CT molecular complexity index is 442. The van der Waals surface area contributed by atoms with E-state index in [0.29, 0.717) is 12.2 Å². The van der Waals surface area contributed by atoms with Crippen molar-refractivity contribution in [1.82, 2.24) is 4.90 Å². The molecule has 0 atom stereocenters. The van der Waals surface area contributed by atoms with Crippen molar-refractivity contribution in [3.8, 4) is 0 Å². The second-order valence-electron chi connectivity index (χ2n) is 4.80. The molecular weight excluding hydrogens is 233 g/mol. The van der Waals surface area contributed by atoms with E-state index in [-0.39, 0.29) is 17.6 Å². The number of rotatable bonds is 3. The molecule has 1 aromatic rings. The van der Waals surface area contributed by atoms with E-state index < -0.39 is 0 Å². The first kappa shape index (κ1) is 12.8. The molecule has 1 aliphatic rings. The third-order valence-corrected chi connectivity index (χ3v) is 3.49. The molecule has 0 saturated carbocycles. The van der Waals surface area contributed by atoms with Crippen LogP contribution in [0.3, 0.4) is 0 Å². The topological polar surface area (TPSA) is 72.4 Å². The predicted octanol–water partition coefficient (Wildman–Crippen LogP) is 1.11. The smallest absolute Gasteiger partial charge is 0.220 e. The molecule has 0 radical (unpaired) electrons. The van der Waals surface area contributed by atoms with Crippen LogP contribution >= 0.6 is 0 Å². The Labute approximate surface area is 106 Å². The number of benzene rings is 1. The number of piperidine rings is 1. The Morgan fingerprint density at radius 1 is 1.39 bits per heavy atom. The third kappa shape index (κ3) is 2.98. The van der Waals surface area contributed by atoms with Crippen LogP contribution in [0.1, 0.15) is 18.4 Å². The number of hydrogen-bond acceptors (Lipinski definition) is 3. The fourth-order valence-corrected chi connectivity index (χ4v) is 2.33. The monoisotopic (exact) mass is 251 g/mol. The van der Waals surface area contributed by atoms with Crippen LogP contribution in [0.15, 0.2) is 18.2 Å². The minimum atomic E-state index is -0.272. The number of nitrogen functional groups attached to an aromatic ring is 1. The maximum atomic E-state index is 13.1. The van der Waals surface area contributed by atoms with Crippen LogP contribution in [0, 0.1) is 11.7 Å². The van der Waals surface area contributed by atoms with E-state index in [2.05, 4.69) is 4.90 Å². The lowest BCUT2D eigenvalue weighted by atomic mass is 9.96.